The average Bonchev–Trinajstić information content (AvgIpc) is 3.30. The molecule has 0 bridgehead atoms. The van der Waals surface area contributed by atoms with Gasteiger partial charge in [-0.25, -0.2) is 18.1 Å². The molecule has 1 aliphatic rings. The first kappa shape index (κ1) is 17.1. The molecule has 1 saturated carbocycles. The van der Waals surface area contributed by atoms with E-state index in [2.05, 4.69) is 31.0 Å². The van der Waals surface area contributed by atoms with Gasteiger partial charge < -0.3 is 5.32 Å². The standard InChI is InChI=1S/C16H16BrN3O3S/c1-10-6-7-18-15(8-10)19-16(21)13-9-12(4-5-14(13)17)24(22,23)20-11-2-3-11/h4-9,11,20H,2-3H2,1H3,(H,18,19,21). The molecule has 2 aromatic rings. The number of nitrogens with one attached hydrogen (secondary N) is 2. The number of nitrogens with zero attached hydrogens (tertiary/aromatic N) is 1. The van der Waals surface area contributed by atoms with E-state index in [1.165, 1.54) is 12.1 Å². The Hall–Kier alpha value is -1.77. The normalized spacial score (nSPS) is 14.4. The van der Waals surface area contributed by atoms with Crippen LogP contribution in [-0.2, 0) is 10.0 Å². The SMILES string of the molecule is Cc1ccnc(NC(=O)c2cc(S(=O)(=O)NC3CC3)ccc2Br)c1. The zero-order valence-electron chi connectivity index (χ0n) is 12.9. The minimum absolute atomic E-state index is 0.00687. The summed E-state index contributed by atoms with van der Waals surface area (Å²) in [6.07, 6.45) is 3.30. The van der Waals surface area contributed by atoms with E-state index in [-0.39, 0.29) is 16.5 Å². The van der Waals surface area contributed by atoms with Crippen LogP contribution in [0.3, 0.4) is 0 Å². The van der Waals surface area contributed by atoms with Crippen molar-refractivity contribution in [3.63, 3.8) is 0 Å². The molecule has 8 heteroatoms. The fourth-order valence-electron chi connectivity index (χ4n) is 2.12. The van der Waals surface area contributed by atoms with Crippen LogP contribution in [0, 0.1) is 6.92 Å². The number of benzene rings is 1. The van der Waals surface area contributed by atoms with Crippen molar-refractivity contribution in [1.82, 2.24) is 9.71 Å². The quantitative estimate of drug-likeness (QED) is 0.794. The number of halogens is 1. The third-order valence-corrected chi connectivity index (χ3v) is 5.76. The summed E-state index contributed by atoms with van der Waals surface area (Å²) < 4.78 is 27.7. The topological polar surface area (TPSA) is 88.2 Å². The molecule has 1 aromatic heterocycles. The molecular formula is C16H16BrN3O3S. The zero-order chi connectivity index (χ0) is 17.3. The van der Waals surface area contributed by atoms with Crippen LogP contribution in [-0.4, -0.2) is 25.4 Å². The molecule has 0 aliphatic heterocycles. The van der Waals surface area contributed by atoms with Gasteiger partial charge in [0.15, 0.2) is 0 Å². The summed E-state index contributed by atoms with van der Waals surface area (Å²) in [7, 11) is -3.62. The van der Waals surface area contributed by atoms with Crippen LogP contribution >= 0.6 is 15.9 Å². The number of anilines is 1. The third-order valence-electron chi connectivity index (χ3n) is 3.55. The second-order valence-corrected chi connectivity index (χ2v) is 8.28. The molecule has 0 radical (unpaired) electrons. The summed E-state index contributed by atoms with van der Waals surface area (Å²) in [5, 5.41) is 2.68. The summed E-state index contributed by atoms with van der Waals surface area (Å²) in [6.45, 7) is 1.89. The molecule has 1 aromatic carbocycles. The Labute approximate surface area is 148 Å². The number of hydrogen-bond acceptors (Lipinski definition) is 4. The summed E-state index contributed by atoms with van der Waals surface area (Å²) in [6, 6.07) is 7.95. The number of sulfonamides is 1. The summed E-state index contributed by atoms with van der Waals surface area (Å²) in [5.41, 5.74) is 1.20. The minimum atomic E-state index is -3.62. The van der Waals surface area contributed by atoms with E-state index in [1.54, 1.807) is 18.3 Å². The Balaban J connectivity index is 1.86. The van der Waals surface area contributed by atoms with Gasteiger partial charge >= 0.3 is 0 Å². The van der Waals surface area contributed by atoms with E-state index < -0.39 is 15.9 Å². The molecule has 6 nitrogen and oxygen atoms in total. The molecule has 1 amide bonds. The lowest BCUT2D eigenvalue weighted by molar-refractivity contribution is 0.102. The Morgan fingerprint density at radius 3 is 2.67 bits per heavy atom. The van der Waals surface area contributed by atoms with Crippen molar-refractivity contribution in [3.05, 3.63) is 52.1 Å². The molecule has 0 unspecified atom stereocenters. The van der Waals surface area contributed by atoms with Gasteiger partial charge in [0, 0.05) is 16.7 Å². The maximum atomic E-state index is 12.5. The van der Waals surface area contributed by atoms with Gasteiger partial charge in [-0.1, -0.05) is 0 Å². The van der Waals surface area contributed by atoms with Crippen LogP contribution < -0.4 is 10.0 Å². The molecule has 0 spiro atoms. The number of carbonyl (C=O) groups is 1. The monoisotopic (exact) mass is 409 g/mol. The summed E-state index contributed by atoms with van der Waals surface area (Å²) in [5.74, 6) is -0.0142. The van der Waals surface area contributed by atoms with Crippen LogP contribution in [0.1, 0.15) is 28.8 Å². The lowest BCUT2D eigenvalue weighted by atomic mass is 10.2. The number of hydrogen-bond donors (Lipinski definition) is 2. The first-order valence-electron chi connectivity index (χ1n) is 7.41. The average molecular weight is 410 g/mol. The first-order chi connectivity index (χ1) is 11.3. The molecule has 1 aliphatic carbocycles. The highest BCUT2D eigenvalue weighted by Crippen LogP contribution is 2.25. The fraction of sp³-hybridized carbons (Fsp3) is 0.250. The third kappa shape index (κ3) is 4.00. The van der Waals surface area contributed by atoms with E-state index in [9.17, 15) is 13.2 Å². The van der Waals surface area contributed by atoms with Gasteiger partial charge in [0.1, 0.15) is 5.82 Å². The number of aromatic nitrogens is 1. The second-order valence-electron chi connectivity index (χ2n) is 5.71. The predicted octanol–water partition coefficient (Wildman–Crippen LogP) is 2.85. The van der Waals surface area contributed by atoms with Crippen molar-refractivity contribution in [2.75, 3.05) is 5.32 Å². The van der Waals surface area contributed by atoms with Gasteiger partial charge in [-0.05, 0) is 71.6 Å². The second kappa shape index (κ2) is 6.62. The van der Waals surface area contributed by atoms with Crippen molar-refractivity contribution in [2.45, 2.75) is 30.7 Å². The highest BCUT2D eigenvalue weighted by Gasteiger charge is 2.28. The lowest BCUT2D eigenvalue weighted by Gasteiger charge is -2.10. The van der Waals surface area contributed by atoms with Crippen LogP contribution in [0.5, 0.6) is 0 Å². The number of aryl methyl sites for hydroxylation is 1. The molecule has 0 atom stereocenters. The number of pyridine rings is 1. The molecule has 1 heterocycles. The lowest BCUT2D eigenvalue weighted by Crippen LogP contribution is -2.26. The van der Waals surface area contributed by atoms with Gasteiger partial charge in [-0.15, -0.1) is 0 Å². The van der Waals surface area contributed by atoms with Crippen molar-refractivity contribution >= 4 is 37.7 Å². The molecule has 126 valence electrons. The number of amides is 1. The molecule has 3 rings (SSSR count). The van der Waals surface area contributed by atoms with Crippen LogP contribution in [0.4, 0.5) is 5.82 Å². The predicted molar refractivity (Wildman–Crippen MR) is 94.4 cm³/mol. The Morgan fingerprint density at radius 1 is 1.25 bits per heavy atom. The molecule has 24 heavy (non-hydrogen) atoms. The maximum Gasteiger partial charge on any atom is 0.258 e. The van der Waals surface area contributed by atoms with Crippen molar-refractivity contribution in [3.8, 4) is 0 Å². The molecule has 0 saturated heterocycles. The van der Waals surface area contributed by atoms with Crippen LogP contribution in [0.15, 0.2) is 45.9 Å². The highest BCUT2D eigenvalue weighted by atomic mass is 79.9. The molecule has 2 N–H and O–H groups in total. The van der Waals surface area contributed by atoms with Crippen molar-refractivity contribution < 1.29 is 13.2 Å². The van der Waals surface area contributed by atoms with Crippen LogP contribution in [0.25, 0.3) is 0 Å². The van der Waals surface area contributed by atoms with E-state index in [1.807, 2.05) is 13.0 Å². The highest BCUT2D eigenvalue weighted by molar-refractivity contribution is 9.10. The van der Waals surface area contributed by atoms with E-state index in [0.717, 1.165) is 18.4 Å². The van der Waals surface area contributed by atoms with Gasteiger partial charge in [-0.3, -0.25) is 4.79 Å². The van der Waals surface area contributed by atoms with Gasteiger partial charge in [0.05, 0.1) is 10.5 Å². The van der Waals surface area contributed by atoms with Gasteiger partial charge in [0.25, 0.3) is 5.91 Å². The van der Waals surface area contributed by atoms with E-state index >= 15 is 0 Å². The zero-order valence-corrected chi connectivity index (χ0v) is 15.3. The summed E-state index contributed by atoms with van der Waals surface area (Å²) in [4.78, 5) is 16.6. The number of rotatable bonds is 5. The Morgan fingerprint density at radius 2 is 2.00 bits per heavy atom. The fourth-order valence-corrected chi connectivity index (χ4v) is 3.88. The Bertz CT molecular complexity index is 895. The molecule has 1 fully saturated rings. The Kier molecular flexibility index (Phi) is 4.71. The largest absolute Gasteiger partial charge is 0.307 e. The smallest absolute Gasteiger partial charge is 0.258 e. The van der Waals surface area contributed by atoms with Crippen molar-refractivity contribution in [1.29, 1.82) is 0 Å². The maximum absolute atomic E-state index is 12.5. The minimum Gasteiger partial charge on any atom is -0.307 e. The first-order valence-corrected chi connectivity index (χ1v) is 9.69. The van der Waals surface area contributed by atoms with E-state index in [4.69, 9.17) is 0 Å². The summed E-state index contributed by atoms with van der Waals surface area (Å²) >= 11 is 3.29. The number of carbonyl (C=O) groups excluding carboxylic acids is 1. The van der Waals surface area contributed by atoms with Gasteiger partial charge in [-0.2, -0.15) is 0 Å². The van der Waals surface area contributed by atoms with Gasteiger partial charge in [0.2, 0.25) is 10.0 Å². The van der Waals surface area contributed by atoms with E-state index in [0.29, 0.717) is 10.3 Å². The van der Waals surface area contributed by atoms with Crippen molar-refractivity contribution in [2.24, 2.45) is 0 Å². The van der Waals surface area contributed by atoms with Crippen LogP contribution in [0.2, 0.25) is 0 Å². The molecular weight excluding hydrogens is 394 g/mol.